The first-order chi connectivity index (χ1) is 7.75. The molecule has 0 spiro atoms. The van der Waals surface area contributed by atoms with Crippen molar-refractivity contribution in [2.75, 3.05) is 13.2 Å². The monoisotopic (exact) mass is 242 g/mol. The van der Waals surface area contributed by atoms with Gasteiger partial charge in [0.1, 0.15) is 0 Å². The molecule has 0 aliphatic carbocycles. The molecule has 1 fully saturated rings. The Labute approximate surface area is 105 Å². The number of ether oxygens (including phenoxy) is 1. The molecule has 100 valence electrons. The summed E-state index contributed by atoms with van der Waals surface area (Å²) in [6.07, 6.45) is 0.883. The van der Waals surface area contributed by atoms with Gasteiger partial charge in [-0.05, 0) is 41.0 Å². The average Bonchev–Trinajstić information content (AvgIpc) is 2.43. The zero-order valence-electron chi connectivity index (χ0n) is 12.0. The van der Waals surface area contributed by atoms with Crippen molar-refractivity contribution < 1.29 is 9.53 Å². The summed E-state index contributed by atoms with van der Waals surface area (Å²) in [5.41, 5.74) is -0.707. The van der Waals surface area contributed by atoms with Crippen LogP contribution in [0.1, 0.15) is 48.0 Å². The molecule has 1 N–H and O–H groups in total. The summed E-state index contributed by atoms with van der Waals surface area (Å²) in [5, 5.41) is 3.37. The van der Waals surface area contributed by atoms with Gasteiger partial charge in [-0.1, -0.05) is 6.92 Å². The van der Waals surface area contributed by atoms with E-state index < -0.39 is 5.54 Å². The first-order valence-electron chi connectivity index (χ1n) is 6.48. The quantitative estimate of drug-likeness (QED) is 0.798. The minimum Gasteiger partial charge on any atom is -0.374 e. The first-order valence-corrected chi connectivity index (χ1v) is 6.48. The van der Waals surface area contributed by atoms with E-state index in [-0.39, 0.29) is 17.7 Å². The Morgan fingerprint density at radius 3 is 2.47 bits per heavy atom. The normalized spacial score (nSPS) is 30.1. The van der Waals surface area contributed by atoms with Crippen molar-refractivity contribution in [1.29, 1.82) is 0 Å². The summed E-state index contributed by atoms with van der Waals surface area (Å²) in [6, 6.07) is 0. The second-order valence-electron chi connectivity index (χ2n) is 5.63. The van der Waals surface area contributed by atoms with Crippen LogP contribution >= 0.6 is 0 Å². The number of hydrogen-bond donors (Lipinski definition) is 1. The van der Waals surface area contributed by atoms with E-state index in [1.165, 1.54) is 0 Å². The second kappa shape index (κ2) is 4.94. The molecule has 1 heterocycles. The molecular weight excluding hydrogens is 216 g/mol. The van der Waals surface area contributed by atoms with E-state index >= 15 is 0 Å². The molecule has 17 heavy (non-hydrogen) atoms. The maximum Gasteiger partial charge on any atom is 0.243 e. The van der Waals surface area contributed by atoms with E-state index in [1.807, 2.05) is 46.4 Å². The number of carbonyl (C=O) groups is 1. The summed E-state index contributed by atoms with van der Waals surface area (Å²) in [5.74, 6) is 0.181. The van der Waals surface area contributed by atoms with Crippen molar-refractivity contribution in [3.8, 4) is 0 Å². The second-order valence-corrected chi connectivity index (χ2v) is 5.63. The molecule has 1 aliphatic heterocycles. The Morgan fingerprint density at radius 1 is 1.47 bits per heavy atom. The Balaban J connectivity index is 2.76. The standard InChI is InChI=1S/C13H26N2O2/c1-7-13(6)11(16)15(10(3)14-13)9-12(4,5)17-8-2/h10,14H,7-9H2,1-6H3. The Hall–Kier alpha value is -0.610. The molecule has 0 aromatic rings. The third-order valence-corrected chi connectivity index (χ3v) is 3.52. The highest BCUT2D eigenvalue weighted by atomic mass is 16.5. The van der Waals surface area contributed by atoms with Crippen LogP contribution < -0.4 is 5.32 Å². The molecule has 1 amide bonds. The first kappa shape index (κ1) is 14.5. The molecule has 2 atom stereocenters. The van der Waals surface area contributed by atoms with Crippen LogP contribution in [0.3, 0.4) is 0 Å². The van der Waals surface area contributed by atoms with Gasteiger partial charge in [-0.25, -0.2) is 0 Å². The Morgan fingerprint density at radius 2 is 2.06 bits per heavy atom. The fourth-order valence-corrected chi connectivity index (χ4v) is 2.40. The summed E-state index contributed by atoms with van der Waals surface area (Å²) in [7, 11) is 0. The molecule has 1 saturated heterocycles. The Kier molecular flexibility index (Phi) is 4.20. The van der Waals surface area contributed by atoms with Gasteiger partial charge in [0.2, 0.25) is 5.91 Å². The molecule has 1 rings (SSSR count). The van der Waals surface area contributed by atoms with Gasteiger partial charge in [0.15, 0.2) is 0 Å². The van der Waals surface area contributed by atoms with E-state index in [9.17, 15) is 4.79 Å². The Bertz CT molecular complexity index is 291. The SMILES string of the molecule is CCOC(C)(C)CN1C(=O)C(C)(CC)NC1C. The summed E-state index contributed by atoms with van der Waals surface area (Å²) in [4.78, 5) is 14.2. The predicted molar refractivity (Wildman–Crippen MR) is 68.7 cm³/mol. The molecule has 0 radical (unpaired) electrons. The van der Waals surface area contributed by atoms with Gasteiger partial charge in [-0.3, -0.25) is 10.1 Å². The van der Waals surface area contributed by atoms with Crippen LogP contribution in [0.25, 0.3) is 0 Å². The zero-order valence-corrected chi connectivity index (χ0v) is 12.0. The van der Waals surface area contributed by atoms with Crippen molar-refractivity contribution in [1.82, 2.24) is 10.2 Å². The smallest absolute Gasteiger partial charge is 0.243 e. The van der Waals surface area contributed by atoms with Crippen molar-refractivity contribution in [2.24, 2.45) is 0 Å². The van der Waals surface area contributed by atoms with Crippen molar-refractivity contribution >= 4 is 5.91 Å². The molecule has 4 heteroatoms. The van der Waals surface area contributed by atoms with Gasteiger partial charge in [-0.2, -0.15) is 0 Å². The van der Waals surface area contributed by atoms with Crippen LogP contribution in [0, 0.1) is 0 Å². The fraction of sp³-hybridized carbons (Fsp3) is 0.923. The van der Waals surface area contributed by atoms with Crippen LogP contribution in [0.5, 0.6) is 0 Å². The van der Waals surface area contributed by atoms with Crippen LogP contribution in [-0.2, 0) is 9.53 Å². The van der Waals surface area contributed by atoms with Gasteiger partial charge in [0.25, 0.3) is 0 Å². The van der Waals surface area contributed by atoms with E-state index in [4.69, 9.17) is 4.74 Å². The molecular formula is C13H26N2O2. The van der Waals surface area contributed by atoms with Gasteiger partial charge >= 0.3 is 0 Å². The predicted octanol–water partition coefficient (Wildman–Crippen LogP) is 1.75. The minimum atomic E-state index is -0.415. The van der Waals surface area contributed by atoms with E-state index in [1.54, 1.807) is 0 Å². The number of rotatable bonds is 5. The summed E-state index contributed by atoms with van der Waals surface area (Å²) < 4.78 is 5.67. The minimum absolute atomic E-state index is 0.0761. The lowest BCUT2D eigenvalue weighted by atomic mass is 9.99. The lowest BCUT2D eigenvalue weighted by Gasteiger charge is -2.32. The number of amides is 1. The maximum absolute atomic E-state index is 12.4. The highest BCUT2D eigenvalue weighted by Crippen LogP contribution is 2.25. The van der Waals surface area contributed by atoms with Gasteiger partial charge in [0.05, 0.1) is 23.9 Å². The molecule has 0 aromatic carbocycles. The number of nitrogens with one attached hydrogen (secondary N) is 1. The molecule has 0 aromatic heterocycles. The van der Waals surface area contributed by atoms with Gasteiger partial charge in [0, 0.05) is 6.61 Å². The summed E-state index contributed by atoms with van der Waals surface area (Å²) in [6.45, 7) is 13.4. The van der Waals surface area contributed by atoms with Gasteiger partial charge < -0.3 is 9.64 Å². The highest BCUT2D eigenvalue weighted by Gasteiger charge is 2.46. The lowest BCUT2D eigenvalue weighted by Crippen LogP contribution is -2.46. The van der Waals surface area contributed by atoms with Crippen LogP contribution in [-0.4, -0.2) is 41.3 Å². The number of hydrogen-bond acceptors (Lipinski definition) is 3. The largest absolute Gasteiger partial charge is 0.374 e. The zero-order chi connectivity index (χ0) is 13.3. The van der Waals surface area contributed by atoms with E-state index in [0.29, 0.717) is 13.2 Å². The summed E-state index contributed by atoms with van der Waals surface area (Å²) >= 11 is 0. The molecule has 2 unspecified atom stereocenters. The molecule has 4 nitrogen and oxygen atoms in total. The van der Waals surface area contributed by atoms with Gasteiger partial charge in [-0.15, -0.1) is 0 Å². The molecule has 0 saturated carbocycles. The molecule has 1 aliphatic rings. The molecule has 0 bridgehead atoms. The van der Waals surface area contributed by atoms with Crippen LogP contribution in [0.15, 0.2) is 0 Å². The van der Waals surface area contributed by atoms with Crippen molar-refractivity contribution in [2.45, 2.75) is 65.3 Å². The maximum atomic E-state index is 12.4. The topological polar surface area (TPSA) is 41.6 Å². The van der Waals surface area contributed by atoms with Crippen LogP contribution in [0.4, 0.5) is 0 Å². The van der Waals surface area contributed by atoms with Crippen molar-refractivity contribution in [3.63, 3.8) is 0 Å². The highest BCUT2D eigenvalue weighted by molar-refractivity contribution is 5.88. The fourth-order valence-electron chi connectivity index (χ4n) is 2.40. The average molecular weight is 242 g/mol. The van der Waals surface area contributed by atoms with Crippen molar-refractivity contribution in [3.05, 3.63) is 0 Å². The number of nitrogens with zero attached hydrogens (tertiary/aromatic N) is 1. The van der Waals surface area contributed by atoms with Crippen LogP contribution in [0.2, 0.25) is 0 Å². The van der Waals surface area contributed by atoms with E-state index in [0.717, 1.165) is 6.42 Å². The third kappa shape index (κ3) is 2.99. The lowest BCUT2D eigenvalue weighted by molar-refractivity contribution is -0.137. The number of carbonyl (C=O) groups excluding carboxylic acids is 1. The van der Waals surface area contributed by atoms with E-state index in [2.05, 4.69) is 5.32 Å². The third-order valence-electron chi connectivity index (χ3n) is 3.52.